The molecule has 0 aromatic carbocycles. The van der Waals surface area contributed by atoms with Crippen LogP contribution in [-0.2, 0) is 14.8 Å². The number of aliphatic carboxylic acids is 1. The fraction of sp³-hybridized carbons (Fsp3) is 0.889. The Labute approximate surface area is 90.1 Å². The molecule has 1 rings (SSSR count). The van der Waals surface area contributed by atoms with Crippen molar-refractivity contribution in [1.82, 2.24) is 4.31 Å². The summed E-state index contributed by atoms with van der Waals surface area (Å²) in [6.45, 7) is 2.50. The Morgan fingerprint density at radius 2 is 2.20 bits per heavy atom. The van der Waals surface area contributed by atoms with E-state index in [1.807, 2.05) is 6.92 Å². The minimum atomic E-state index is -3.16. The van der Waals surface area contributed by atoms with Gasteiger partial charge in [-0.05, 0) is 12.8 Å². The van der Waals surface area contributed by atoms with Crippen LogP contribution in [0.3, 0.4) is 0 Å². The average Bonchev–Trinajstić information content (AvgIpc) is 2.45. The van der Waals surface area contributed by atoms with Crippen LogP contribution < -0.4 is 0 Å². The van der Waals surface area contributed by atoms with Gasteiger partial charge in [-0.15, -0.1) is 0 Å². The molecule has 0 aromatic rings. The molecule has 1 atom stereocenters. The smallest absolute Gasteiger partial charge is 0.307 e. The molecule has 1 N–H and O–H groups in total. The van der Waals surface area contributed by atoms with E-state index in [1.165, 1.54) is 4.31 Å². The largest absolute Gasteiger partial charge is 0.481 e. The van der Waals surface area contributed by atoms with Crippen LogP contribution in [0.4, 0.5) is 0 Å². The second-order valence-electron chi connectivity index (χ2n) is 3.85. The summed E-state index contributed by atoms with van der Waals surface area (Å²) in [7, 11) is -3.16. The Morgan fingerprint density at radius 3 is 2.60 bits per heavy atom. The fourth-order valence-electron chi connectivity index (χ4n) is 1.78. The number of sulfonamides is 1. The van der Waals surface area contributed by atoms with E-state index in [2.05, 4.69) is 0 Å². The highest BCUT2D eigenvalue weighted by molar-refractivity contribution is 7.89. The zero-order valence-corrected chi connectivity index (χ0v) is 9.66. The van der Waals surface area contributed by atoms with E-state index >= 15 is 0 Å². The topological polar surface area (TPSA) is 74.7 Å². The monoisotopic (exact) mass is 235 g/mol. The Kier molecular flexibility index (Phi) is 4.10. The number of hydrogen-bond donors (Lipinski definition) is 1. The maximum atomic E-state index is 11.5. The summed E-state index contributed by atoms with van der Waals surface area (Å²) in [6, 6.07) is 0. The van der Waals surface area contributed by atoms with Gasteiger partial charge in [0, 0.05) is 13.1 Å². The predicted molar refractivity (Wildman–Crippen MR) is 56.0 cm³/mol. The zero-order chi connectivity index (χ0) is 11.5. The summed E-state index contributed by atoms with van der Waals surface area (Å²) in [5, 5.41) is 8.91. The lowest BCUT2D eigenvalue weighted by atomic mass is 10.0. The molecule has 0 radical (unpaired) electrons. The second-order valence-corrected chi connectivity index (χ2v) is 5.94. The van der Waals surface area contributed by atoms with Gasteiger partial charge in [0.1, 0.15) is 0 Å². The van der Waals surface area contributed by atoms with Crippen LogP contribution >= 0.6 is 0 Å². The van der Waals surface area contributed by atoms with Gasteiger partial charge in [-0.1, -0.05) is 13.3 Å². The number of rotatable bonds is 5. The van der Waals surface area contributed by atoms with E-state index < -0.39 is 21.9 Å². The number of nitrogens with zero attached hydrogens (tertiary/aromatic N) is 1. The van der Waals surface area contributed by atoms with Crippen LogP contribution in [-0.4, -0.2) is 42.6 Å². The van der Waals surface area contributed by atoms with Gasteiger partial charge in [0.05, 0.1) is 11.7 Å². The molecule has 0 bridgehead atoms. The third kappa shape index (κ3) is 3.17. The lowest BCUT2D eigenvalue weighted by molar-refractivity contribution is -0.142. The van der Waals surface area contributed by atoms with Crippen molar-refractivity contribution in [3.63, 3.8) is 0 Å². The SMILES string of the molecule is CCCC(CN1CCCS1(=O)=O)C(=O)O. The summed E-state index contributed by atoms with van der Waals surface area (Å²) in [6.07, 6.45) is 1.90. The quantitative estimate of drug-likeness (QED) is 0.754. The van der Waals surface area contributed by atoms with Crippen molar-refractivity contribution >= 4 is 16.0 Å². The van der Waals surface area contributed by atoms with E-state index in [4.69, 9.17) is 5.11 Å². The maximum absolute atomic E-state index is 11.5. The molecule has 1 saturated heterocycles. The van der Waals surface area contributed by atoms with Crippen LogP contribution in [0.1, 0.15) is 26.2 Å². The molecule has 6 heteroatoms. The normalized spacial score (nSPS) is 22.7. The van der Waals surface area contributed by atoms with Gasteiger partial charge in [-0.2, -0.15) is 0 Å². The molecule has 0 spiro atoms. The van der Waals surface area contributed by atoms with Crippen molar-refractivity contribution in [2.75, 3.05) is 18.8 Å². The highest BCUT2D eigenvalue weighted by atomic mass is 32.2. The molecule has 1 unspecified atom stereocenters. The summed E-state index contributed by atoms with van der Waals surface area (Å²) >= 11 is 0. The molecule has 5 nitrogen and oxygen atoms in total. The van der Waals surface area contributed by atoms with Gasteiger partial charge < -0.3 is 5.11 Å². The molecule has 0 aromatic heterocycles. The van der Waals surface area contributed by atoms with Crippen LogP contribution in [0.2, 0.25) is 0 Å². The number of carbonyl (C=O) groups is 1. The first-order chi connectivity index (χ1) is 6.97. The molecule has 0 saturated carbocycles. The van der Waals surface area contributed by atoms with Gasteiger partial charge in [0.15, 0.2) is 0 Å². The van der Waals surface area contributed by atoms with Crippen LogP contribution in [0, 0.1) is 5.92 Å². The van der Waals surface area contributed by atoms with E-state index in [-0.39, 0.29) is 12.3 Å². The lowest BCUT2D eigenvalue weighted by Gasteiger charge is -2.19. The van der Waals surface area contributed by atoms with Gasteiger partial charge >= 0.3 is 5.97 Å². The Balaban J connectivity index is 2.62. The summed E-state index contributed by atoms with van der Waals surface area (Å²) in [5.74, 6) is -1.31. The van der Waals surface area contributed by atoms with Crippen molar-refractivity contribution in [3.8, 4) is 0 Å². The molecule has 1 fully saturated rings. The van der Waals surface area contributed by atoms with Gasteiger partial charge in [0.2, 0.25) is 10.0 Å². The van der Waals surface area contributed by atoms with Gasteiger partial charge in [0.25, 0.3) is 0 Å². The Bertz CT molecular complexity index is 325. The summed E-state index contributed by atoms with van der Waals surface area (Å²) in [4.78, 5) is 10.9. The lowest BCUT2D eigenvalue weighted by Crippen LogP contribution is -2.34. The van der Waals surface area contributed by atoms with E-state index in [9.17, 15) is 13.2 Å². The van der Waals surface area contributed by atoms with E-state index in [1.54, 1.807) is 0 Å². The zero-order valence-electron chi connectivity index (χ0n) is 8.85. The molecule has 0 amide bonds. The van der Waals surface area contributed by atoms with Crippen molar-refractivity contribution in [3.05, 3.63) is 0 Å². The third-order valence-corrected chi connectivity index (χ3v) is 4.54. The third-order valence-electron chi connectivity index (χ3n) is 2.61. The van der Waals surface area contributed by atoms with Gasteiger partial charge in [-0.3, -0.25) is 4.79 Å². The Morgan fingerprint density at radius 1 is 1.53 bits per heavy atom. The van der Waals surface area contributed by atoms with Crippen LogP contribution in [0.15, 0.2) is 0 Å². The standard InChI is InChI=1S/C9H17NO4S/c1-2-4-8(9(11)12)7-10-5-3-6-15(10,13)14/h8H,2-7H2,1H3,(H,11,12). The fourth-order valence-corrected chi connectivity index (χ4v) is 3.35. The second kappa shape index (κ2) is 4.94. The first-order valence-electron chi connectivity index (χ1n) is 5.18. The number of hydrogen-bond acceptors (Lipinski definition) is 3. The molecule has 1 aliphatic heterocycles. The molecule has 1 aliphatic rings. The van der Waals surface area contributed by atoms with Crippen molar-refractivity contribution in [1.29, 1.82) is 0 Å². The van der Waals surface area contributed by atoms with Crippen molar-refractivity contribution in [2.45, 2.75) is 26.2 Å². The first kappa shape index (κ1) is 12.4. The van der Waals surface area contributed by atoms with Crippen LogP contribution in [0.5, 0.6) is 0 Å². The minimum Gasteiger partial charge on any atom is -0.481 e. The molecule has 1 heterocycles. The molecule has 0 aliphatic carbocycles. The highest BCUT2D eigenvalue weighted by Crippen LogP contribution is 2.18. The average molecular weight is 235 g/mol. The molecule has 88 valence electrons. The Hall–Kier alpha value is -0.620. The van der Waals surface area contributed by atoms with E-state index in [0.717, 1.165) is 6.42 Å². The predicted octanol–water partition coefficient (Wildman–Crippen LogP) is 0.523. The van der Waals surface area contributed by atoms with E-state index in [0.29, 0.717) is 19.4 Å². The van der Waals surface area contributed by atoms with Crippen molar-refractivity contribution < 1.29 is 18.3 Å². The number of carboxylic acid groups (broad SMARTS) is 1. The summed E-state index contributed by atoms with van der Waals surface area (Å²) < 4.78 is 24.2. The minimum absolute atomic E-state index is 0.130. The first-order valence-corrected chi connectivity index (χ1v) is 6.79. The highest BCUT2D eigenvalue weighted by Gasteiger charge is 2.31. The van der Waals surface area contributed by atoms with Crippen LogP contribution in [0.25, 0.3) is 0 Å². The number of carboxylic acids is 1. The molecular weight excluding hydrogens is 218 g/mol. The molecular formula is C9H17NO4S. The van der Waals surface area contributed by atoms with Crippen molar-refractivity contribution in [2.24, 2.45) is 5.92 Å². The van der Waals surface area contributed by atoms with Gasteiger partial charge in [-0.25, -0.2) is 12.7 Å². The summed E-state index contributed by atoms with van der Waals surface area (Å²) in [5.41, 5.74) is 0. The maximum Gasteiger partial charge on any atom is 0.307 e. The molecule has 15 heavy (non-hydrogen) atoms.